The molecule has 2 N–H and O–H groups in total. The fourth-order valence-electron chi connectivity index (χ4n) is 2.42. The lowest BCUT2D eigenvalue weighted by molar-refractivity contribution is 0.106. The van der Waals surface area contributed by atoms with Gasteiger partial charge in [0.05, 0.1) is 6.10 Å². The van der Waals surface area contributed by atoms with Crippen molar-refractivity contribution in [1.29, 1.82) is 0 Å². The normalized spacial score (nSPS) is 12.8. The lowest BCUT2D eigenvalue weighted by atomic mass is 10.1. The van der Waals surface area contributed by atoms with Crippen molar-refractivity contribution >= 4 is 5.96 Å². The van der Waals surface area contributed by atoms with E-state index in [0.717, 1.165) is 11.1 Å². The van der Waals surface area contributed by atoms with Crippen LogP contribution in [0.5, 0.6) is 0 Å². The Hall–Kier alpha value is -2.40. The standard InChI is InChI=1S/C19H24FN3O/c1-14-11-15(9-10-17(14)20)12-22-19(21-2)23-13-18(24-3)16-7-5-4-6-8-16/h4-11,18H,12-13H2,1-3H3,(H2,21,22,23). The van der Waals surface area contributed by atoms with E-state index < -0.39 is 0 Å². The summed E-state index contributed by atoms with van der Waals surface area (Å²) in [5, 5.41) is 6.48. The number of aryl methyl sites for hydroxylation is 1. The molecule has 0 aliphatic heterocycles. The minimum Gasteiger partial charge on any atom is -0.375 e. The first-order chi connectivity index (χ1) is 11.6. The molecule has 4 nitrogen and oxygen atoms in total. The van der Waals surface area contributed by atoms with E-state index in [-0.39, 0.29) is 11.9 Å². The van der Waals surface area contributed by atoms with Crippen LogP contribution in [-0.4, -0.2) is 26.7 Å². The maximum atomic E-state index is 13.3. The molecule has 0 heterocycles. The lowest BCUT2D eigenvalue weighted by Gasteiger charge is -2.19. The van der Waals surface area contributed by atoms with Gasteiger partial charge in [-0.25, -0.2) is 4.39 Å². The molecule has 2 aromatic rings. The van der Waals surface area contributed by atoms with Gasteiger partial charge >= 0.3 is 0 Å². The molecular formula is C19H24FN3O. The average molecular weight is 329 g/mol. The number of nitrogens with one attached hydrogen (secondary N) is 2. The fraction of sp³-hybridized carbons (Fsp3) is 0.316. The number of hydrogen-bond donors (Lipinski definition) is 2. The predicted octanol–water partition coefficient (Wildman–Crippen LogP) is 3.19. The van der Waals surface area contributed by atoms with Crippen LogP contribution >= 0.6 is 0 Å². The molecule has 128 valence electrons. The second-order valence-corrected chi connectivity index (χ2v) is 5.53. The summed E-state index contributed by atoms with van der Waals surface area (Å²) in [6.07, 6.45) is -0.0576. The summed E-state index contributed by atoms with van der Waals surface area (Å²) in [7, 11) is 3.41. The molecule has 2 rings (SSSR count). The van der Waals surface area contributed by atoms with Crippen LogP contribution in [0.4, 0.5) is 4.39 Å². The van der Waals surface area contributed by atoms with E-state index in [1.54, 1.807) is 27.1 Å². The van der Waals surface area contributed by atoms with Gasteiger partial charge in [-0.2, -0.15) is 0 Å². The molecule has 0 radical (unpaired) electrons. The van der Waals surface area contributed by atoms with Crippen LogP contribution in [0.1, 0.15) is 22.8 Å². The molecule has 0 amide bonds. The van der Waals surface area contributed by atoms with Crippen LogP contribution in [0.15, 0.2) is 53.5 Å². The maximum absolute atomic E-state index is 13.3. The van der Waals surface area contributed by atoms with Crippen molar-refractivity contribution in [1.82, 2.24) is 10.6 Å². The molecule has 0 spiro atoms. The Morgan fingerprint density at radius 1 is 1.17 bits per heavy atom. The predicted molar refractivity (Wildman–Crippen MR) is 95.5 cm³/mol. The third-order valence-corrected chi connectivity index (χ3v) is 3.82. The number of ether oxygens (including phenoxy) is 1. The van der Waals surface area contributed by atoms with E-state index >= 15 is 0 Å². The van der Waals surface area contributed by atoms with E-state index in [1.165, 1.54) is 6.07 Å². The molecule has 5 heteroatoms. The molecule has 1 unspecified atom stereocenters. The number of rotatable bonds is 6. The summed E-state index contributed by atoms with van der Waals surface area (Å²) in [6, 6.07) is 15.1. The number of guanidine groups is 1. The van der Waals surface area contributed by atoms with E-state index in [9.17, 15) is 4.39 Å². The van der Waals surface area contributed by atoms with Crippen molar-refractivity contribution in [3.05, 3.63) is 71.0 Å². The van der Waals surface area contributed by atoms with Gasteiger partial charge in [-0.1, -0.05) is 42.5 Å². The minimum atomic E-state index is -0.188. The number of nitrogens with zero attached hydrogens (tertiary/aromatic N) is 1. The van der Waals surface area contributed by atoms with Crippen LogP contribution in [-0.2, 0) is 11.3 Å². The molecule has 0 aliphatic carbocycles. The monoisotopic (exact) mass is 329 g/mol. The molecule has 2 aromatic carbocycles. The van der Waals surface area contributed by atoms with Gasteiger partial charge in [0.1, 0.15) is 5.82 Å². The van der Waals surface area contributed by atoms with Crippen LogP contribution < -0.4 is 10.6 Å². The van der Waals surface area contributed by atoms with Crippen LogP contribution in [0.25, 0.3) is 0 Å². The SMILES string of the molecule is CN=C(NCc1ccc(F)c(C)c1)NCC(OC)c1ccccc1. The Morgan fingerprint density at radius 3 is 2.54 bits per heavy atom. The van der Waals surface area contributed by atoms with Gasteiger partial charge in [-0.05, 0) is 29.7 Å². The second kappa shape index (κ2) is 9.03. The zero-order valence-corrected chi connectivity index (χ0v) is 14.3. The second-order valence-electron chi connectivity index (χ2n) is 5.53. The minimum absolute atomic E-state index is 0.0576. The number of halogens is 1. The summed E-state index contributed by atoms with van der Waals surface area (Å²) in [4.78, 5) is 4.21. The first-order valence-electron chi connectivity index (χ1n) is 7.91. The van der Waals surface area contributed by atoms with Crippen LogP contribution in [0, 0.1) is 12.7 Å². The third-order valence-electron chi connectivity index (χ3n) is 3.82. The Bertz CT molecular complexity index is 674. The molecule has 0 saturated carbocycles. The van der Waals surface area contributed by atoms with Gasteiger partial charge in [-0.3, -0.25) is 4.99 Å². The highest BCUT2D eigenvalue weighted by Crippen LogP contribution is 2.14. The molecule has 0 fully saturated rings. The van der Waals surface area contributed by atoms with Crippen molar-refractivity contribution in [2.75, 3.05) is 20.7 Å². The lowest BCUT2D eigenvalue weighted by Crippen LogP contribution is -2.39. The van der Waals surface area contributed by atoms with Crippen molar-refractivity contribution in [2.45, 2.75) is 19.6 Å². The number of aliphatic imine (C=N–C) groups is 1. The summed E-state index contributed by atoms with van der Waals surface area (Å²) in [5.74, 6) is 0.488. The van der Waals surface area contributed by atoms with E-state index in [0.29, 0.717) is 24.6 Å². The third kappa shape index (κ3) is 5.06. The first-order valence-corrected chi connectivity index (χ1v) is 7.91. The summed E-state index contributed by atoms with van der Waals surface area (Å²) < 4.78 is 18.8. The molecular weight excluding hydrogens is 305 g/mol. The zero-order chi connectivity index (χ0) is 17.4. The Morgan fingerprint density at radius 2 is 1.92 bits per heavy atom. The Balaban J connectivity index is 1.89. The molecule has 0 saturated heterocycles. The van der Waals surface area contributed by atoms with Gasteiger partial charge in [0.25, 0.3) is 0 Å². The van der Waals surface area contributed by atoms with Crippen molar-refractivity contribution in [3.8, 4) is 0 Å². The summed E-state index contributed by atoms with van der Waals surface area (Å²) >= 11 is 0. The first kappa shape index (κ1) is 17.9. The van der Waals surface area contributed by atoms with Gasteiger partial charge in [-0.15, -0.1) is 0 Å². The highest BCUT2D eigenvalue weighted by atomic mass is 19.1. The average Bonchev–Trinajstić information content (AvgIpc) is 2.62. The summed E-state index contributed by atoms with van der Waals surface area (Å²) in [6.45, 7) is 2.93. The van der Waals surface area contributed by atoms with Crippen molar-refractivity contribution in [3.63, 3.8) is 0 Å². The number of benzene rings is 2. The molecule has 0 aromatic heterocycles. The molecule has 24 heavy (non-hydrogen) atoms. The van der Waals surface area contributed by atoms with Crippen molar-refractivity contribution in [2.24, 2.45) is 4.99 Å². The smallest absolute Gasteiger partial charge is 0.191 e. The highest BCUT2D eigenvalue weighted by molar-refractivity contribution is 5.79. The highest BCUT2D eigenvalue weighted by Gasteiger charge is 2.10. The van der Waals surface area contributed by atoms with Gasteiger partial charge in [0.15, 0.2) is 5.96 Å². The van der Waals surface area contributed by atoms with Crippen LogP contribution in [0.2, 0.25) is 0 Å². The van der Waals surface area contributed by atoms with E-state index in [1.807, 2.05) is 36.4 Å². The Labute approximate surface area is 142 Å². The van der Waals surface area contributed by atoms with Gasteiger partial charge < -0.3 is 15.4 Å². The van der Waals surface area contributed by atoms with Gasteiger partial charge in [0, 0.05) is 27.2 Å². The number of methoxy groups -OCH3 is 1. The van der Waals surface area contributed by atoms with E-state index in [4.69, 9.17) is 4.74 Å². The zero-order valence-electron chi connectivity index (χ0n) is 14.3. The largest absolute Gasteiger partial charge is 0.375 e. The van der Waals surface area contributed by atoms with Gasteiger partial charge in [0.2, 0.25) is 0 Å². The van der Waals surface area contributed by atoms with E-state index in [2.05, 4.69) is 15.6 Å². The Kier molecular flexibility index (Phi) is 6.75. The quantitative estimate of drug-likeness (QED) is 0.632. The fourth-order valence-corrected chi connectivity index (χ4v) is 2.42. The number of hydrogen-bond acceptors (Lipinski definition) is 2. The molecule has 0 bridgehead atoms. The summed E-state index contributed by atoms with van der Waals surface area (Å²) in [5.41, 5.74) is 2.75. The van der Waals surface area contributed by atoms with Crippen molar-refractivity contribution < 1.29 is 9.13 Å². The van der Waals surface area contributed by atoms with Crippen LogP contribution in [0.3, 0.4) is 0 Å². The maximum Gasteiger partial charge on any atom is 0.191 e. The topological polar surface area (TPSA) is 45.7 Å². The molecule has 1 atom stereocenters. The molecule has 0 aliphatic rings.